The molecular formula is C18H33N3O4S. The number of nitrogens with one attached hydrogen (secondary N) is 2. The molecule has 0 saturated carbocycles. The first-order valence-corrected chi connectivity index (χ1v) is 11.6. The second-order valence-corrected chi connectivity index (χ2v) is 10.2. The first kappa shape index (κ1) is 21.2. The van der Waals surface area contributed by atoms with E-state index in [1.807, 2.05) is 13.8 Å². The van der Waals surface area contributed by atoms with Gasteiger partial charge in [0.05, 0.1) is 17.5 Å². The number of rotatable bonds is 8. The number of hydrogen-bond donors (Lipinski definition) is 2. The van der Waals surface area contributed by atoms with Gasteiger partial charge in [-0.25, -0.2) is 8.42 Å². The number of nitrogens with zero attached hydrogens (tertiary/aromatic N) is 1. The third-order valence-corrected chi connectivity index (χ3v) is 7.03. The minimum absolute atomic E-state index is 0.0470. The van der Waals surface area contributed by atoms with Crippen LogP contribution in [0.25, 0.3) is 0 Å². The van der Waals surface area contributed by atoms with E-state index in [1.165, 1.54) is 0 Å². The highest BCUT2D eigenvalue weighted by molar-refractivity contribution is 7.91. The Hall–Kier alpha value is -1.15. The van der Waals surface area contributed by atoms with Gasteiger partial charge in [0.25, 0.3) is 0 Å². The van der Waals surface area contributed by atoms with Gasteiger partial charge in [0.2, 0.25) is 11.8 Å². The number of hydrogen-bond acceptors (Lipinski definition) is 5. The van der Waals surface area contributed by atoms with Crippen LogP contribution in [0.2, 0.25) is 0 Å². The first-order chi connectivity index (χ1) is 12.3. The molecule has 2 rings (SSSR count). The van der Waals surface area contributed by atoms with E-state index in [4.69, 9.17) is 0 Å². The van der Waals surface area contributed by atoms with Crippen molar-refractivity contribution in [1.29, 1.82) is 0 Å². The van der Waals surface area contributed by atoms with Gasteiger partial charge in [-0.05, 0) is 44.1 Å². The Kier molecular flexibility index (Phi) is 7.88. The third-order valence-electron chi connectivity index (χ3n) is 5.03. The third kappa shape index (κ3) is 6.87. The van der Waals surface area contributed by atoms with Crippen molar-refractivity contribution in [3.05, 3.63) is 0 Å². The van der Waals surface area contributed by atoms with Gasteiger partial charge in [0.15, 0.2) is 9.84 Å². The molecule has 2 aliphatic heterocycles. The minimum atomic E-state index is -3.17. The van der Waals surface area contributed by atoms with E-state index in [-0.39, 0.29) is 47.6 Å². The molecule has 2 fully saturated rings. The van der Waals surface area contributed by atoms with Gasteiger partial charge in [-0.2, -0.15) is 0 Å². The molecule has 8 heteroatoms. The van der Waals surface area contributed by atoms with Crippen LogP contribution < -0.4 is 10.6 Å². The number of likely N-dealkylation sites (tertiary alicyclic amines) is 1. The molecule has 0 aliphatic carbocycles. The molecular weight excluding hydrogens is 354 g/mol. The lowest BCUT2D eigenvalue weighted by Gasteiger charge is -2.33. The van der Waals surface area contributed by atoms with Crippen molar-refractivity contribution in [2.45, 2.75) is 52.0 Å². The molecule has 2 aliphatic rings. The fraction of sp³-hybridized carbons (Fsp3) is 0.889. The molecule has 0 aromatic rings. The first-order valence-electron chi connectivity index (χ1n) is 9.76. The number of sulfone groups is 1. The second kappa shape index (κ2) is 9.69. The van der Waals surface area contributed by atoms with E-state index < -0.39 is 9.84 Å². The molecule has 2 atom stereocenters. The fourth-order valence-corrected chi connectivity index (χ4v) is 5.39. The SMILES string of the molecule is CC(C)CS(=O)(=O)CCC(=O)N1CCCC(CNC(=O)C2CCCN2)C1. The Labute approximate surface area is 157 Å². The minimum Gasteiger partial charge on any atom is -0.354 e. The van der Waals surface area contributed by atoms with Crippen molar-refractivity contribution >= 4 is 21.7 Å². The molecule has 2 saturated heterocycles. The van der Waals surface area contributed by atoms with Crippen LogP contribution in [0, 0.1) is 11.8 Å². The maximum absolute atomic E-state index is 12.4. The van der Waals surface area contributed by atoms with E-state index in [2.05, 4.69) is 10.6 Å². The maximum Gasteiger partial charge on any atom is 0.237 e. The standard InChI is InChI=1S/C18H33N3O4S/c1-14(2)13-26(24,25)10-7-17(22)21-9-4-5-15(12-21)11-20-18(23)16-6-3-8-19-16/h14-16,19H,3-13H2,1-2H3,(H,20,23). The number of carbonyl (C=O) groups is 2. The average molecular weight is 388 g/mol. The zero-order chi connectivity index (χ0) is 19.2. The Morgan fingerprint density at radius 3 is 2.65 bits per heavy atom. The maximum atomic E-state index is 12.4. The zero-order valence-corrected chi connectivity index (χ0v) is 16.8. The van der Waals surface area contributed by atoms with Crippen molar-refractivity contribution < 1.29 is 18.0 Å². The van der Waals surface area contributed by atoms with Crippen LogP contribution in [0.4, 0.5) is 0 Å². The monoisotopic (exact) mass is 387 g/mol. The second-order valence-electron chi connectivity index (χ2n) is 8.00. The van der Waals surface area contributed by atoms with Crippen molar-refractivity contribution in [2.24, 2.45) is 11.8 Å². The van der Waals surface area contributed by atoms with Gasteiger partial charge < -0.3 is 15.5 Å². The fourth-order valence-electron chi connectivity index (χ4n) is 3.73. The Bertz CT molecular complexity index is 585. The van der Waals surface area contributed by atoms with Gasteiger partial charge in [0.1, 0.15) is 0 Å². The highest BCUT2D eigenvalue weighted by Crippen LogP contribution is 2.17. The van der Waals surface area contributed by atoms with Crippen LogP contribution in [0.3, 0.4) is 0 Å². The van der Waals surface area contributed by atoms with E-state index >= 15 is 0 Å². The predicted molar refractivity (Wildman–Crippen MR) is 101 cm³/mol. The lowest BCUT2D eigenvalue weighted by molar-refractivity contribution is -0.132. The Morgan fingerprint density at radius 1 is 1.23 bits per heavy atom. The number of amides is 2. The molecule has 2 unspecified atom stereocenters. The molecule has 150 valence electrons. The van der Waals surface area contributed by atoms with Gasteiger partial charge >= 0.3 is 0 Å². The largest absolute Gasteiger partial charge is 0.354 e. The summed E-state index contributed by atoms with van der Waals surface area (Å²) in [6.07, 6.45) is 3.84. The van der Waals surface area contributed by atoms with Crippen molar-refractivity contribution in [3.8, 4) is 0 Å². The van der Waals surface area contributed by atoms with Gasteiger partial charge in [-0.3, -0.25) is 9.59 Å². The molecule has 2 N–H and O–H groups in total. The summed E-state index contributed by atoms with van der Waals surface area (Å²) < 4.78 is 23.9. The van der Waals surface area contributed by atoms with Crippen LogP contribution in [0.5, 0.6) is 0 Å². The summed E-state index contributed by atoms with van der Waals surface area (Å²) in [7, 11) is -3.17. The van der Waals surface area contributed by atoms with E-state index in [0.29, 0.717) is 19.6 Å². The zero-order valence-electron chi connectivity index (χ0n) is 16.0. The summed E-state index contributed by atoms with van der Waals surface area (Å²) >= 11 is 0. The lowest BCUT2D eigenvalue weighted by Crippen LogP contribution is -2.47. The molecule has 7 nitrogen and oxygen atoms in total. The Balaban J connectivity index is 1.74. The van der Waals surface area contributed by atoms with Crippen LogP contribution in [-0.4, -0.2) is 68.9 Å². The molecule has 2 amide bonds. The smallest absolute Gasteiger partial charge is 0.237 e. The summed E-state index contributed by atoms with van der Waals surface area (Å²) in [5.74, 6) is 0.327. The van der Waals surface area contributed by atoms with Crippen LogP contribution in [0.15, 0.2) is 0 Å². The highest BCUT2D eigenvalue weighted by atomic mass is 32.2. The van der Waals surface area contributed by atoms with Gasteiger partial charge in [-0.15, -0.1) is 0 Å². The quantitative estimate of drug-likeness (QED) is 0.634. The van der Waals surface area contributed by atoms with E-state index in [1.54, 1.807) is 4.90 Å². The highest BCUT2D eigenvalue weighted by Gasteiger charge is 2.27. The summed E-state index contributed by atoms with van der Waals surface area (Å²) in [5, 5.41) is 6.18. The molecule has 0 aromatic heterocycles. The molecule has 0 bridgehead atoms. The van der Waals surface area contributed by atoms with Crippen LogP contribution in [0.1, 0.15) is 46.0 Å². The number of piperidine rings is 1. The molecule has 2 heterocycles. The summed E-state index contributed by atoms with van der Waals surface area (Å²) in [6.45, 7) is 6.48. The predicted octanol–water partition coefficient (Wildman–Crippen LogP) is 0.554. The normalized spacial score (nSPS) is 24.0. The molecule has 0 spiro atoms. The van der Waals surface area contributed by atoms with Gasteiger partial charge in [-0.1, -0.05) is 13.8 Å². The van der Waals surface area contributed by atoms with Gasteiger partial charge in [0, 0.05) is 26.1 Å². The summed E-state index contributed by atoms with van der Waals surface area (Å²) in [4.78, 5) is 26.2. The van der Waals surface area contributed by atoms with Crippen LogP contribution in [-0.2, 0) is 19.4 Å². The summed E-state index contributed by atoms with van der Waals surface area (Å²) in [5.41, 5.74) is 0. The van der Waals surface area contributed by atoms with E-state index in [0.717, 1.165) is 32.2 Å². The van der Waals surface area contributed by atoms with Crippen molar-refractivity contribution in [2.75, 3.05) is 37.7 Å². The van der Waals surface area contributed by atoms with Crippen LogP contribution >= 0.6 is 0 Å². The Morgan fingerprint density at radius 2 is 2.00 bits per heavy atom. The van der Waals surface area contributed by atoms with Crippen molar-refractivity contribution in [1.82, 2.24) is 15.5 Å². The summed E-state index contributed by atoms with van der Waals surface area (Å²) in [6, 6.07) is -0.0810. The molecule has 26 heavy (non-hydrogen) atoms. The lowest BCUT2D eigenvalue weighted by atomic mass is 9.97. The molecule has 0 aromatic carbocycles. The molecule has 0 radical (unpaired) electrons. The average Bonchev–Trinajstić information content (AvgIpc) is 3.11. The van der Waals surface area contributed by atoms with E-state index in [9.17, 15) is 18.0 Å². The van der Waals surface area contributed by atoms with Crippen molar-refractivity contribution in [3.63, 3.8) is 0 Å². The number of carbonyl (C=O) groups excluding carboxylic acids is 2. The topological polar surface area (TPSA) is 95.6 Å².